The molecule has 88 valence electrons. The minimum atomic E-state index is 0.501. The molecule has 1 aliphatic heterocycles. The van der Waals surface area contributed by atoms with E-state index in [1.807, 2.05) is 12.3 Å². The van der Waals surface area contributed by atoms with Gasteiger partial charge in [0, 0.05) is 31.4 Å². The number of aromatic nitrogens is 1. The number of hydrogen-bond acceptors (Lipinski definition) is 3. The van der Waals surface area contributed by atoms with Crippen LogP contribution in [0, 0.1) is 0 Å². The number of likely N-dealkylation sites (N-methyl/N-ethyl adjacent to an activating group) is 1. The largest absolute Gasteiger partial charge is 0.365 e. The molecule has 0 aliphatic carbocycles. The van der Waals surface area contributed by atoms with Gasteiger partial charge in [-0.3, -0.25) is 9.88 Å². The minimum Gasteiger partial charge on any atom is -0.365 e. The van der Waals surface area contributed by atoms with Crippen molar-refractivity contribution >= 4 is 17.3 Å². The maximum atomic E-state index is 5.98. The van der Waals surface area contributed by atoms with Gasteiger partial charge in [0.05, 0.1) is 16.9 Å². The Hall–Kier alpha value is -0.800. The first-order chi connectivity index (χ1) is 7.58. The monoisotopic (exact) mass is 239 g/mol. The Kier molecular flexibility index (Phi) is 3.36. The van der Waals surface area contributed by atoms with Crippen LogP contribution in [0.2, 0.25) is 5.02 Å². The van der Waals surface area contributed by atoms with Crippen molar-refractivity contribution < 1.29 is 0 Å². The van der Waals surface area contributed by atoms with Crippen LogP contribution in [0.25, 0.3) is 0 Å². The van der Waals surface area contributed by atoms with Crippen molar-refractivity contribution in [3.8, 4) is 0 Å². The van der Waals surface area contributed by atoms with Crippen LogP contribution in [0.1, 0.15) is 13.8 Å². The number of nitrogens with zero attached hydrogens (tertiary/aromatic N) is 3. The molecule has 1 saturated heterocycles. The van der Waals surface area contributed by atoms with Crippen LogP contribution in [0.3, 0.4) is 0 Å². The fraction of sp³-hybridized carbons (Fsp3) is 0.583. The van der Waals surface area contributed by atoms with Crippen LogP contribution < -0.4 is 4.90 Å². The summed E-state index contributed by atoms with van der Waals surface area (Å²) in [6.45, 7) is 6.59. The summed E-state index contributed by atoms with van der Waals surface area (Å²) in [5, 5.41) is 0.705. The molecule has 0 unspecified atom stereocenters. The Balaban J connectivity index is 2.20. The smallest absolute Gasteiger partial charge is 0.0609 e. The van der Waals surface area contributed by atoms with E-state index in [0.717, 1.165) is 18.8 Å². The number of rotatable bonds is 1. The molecule has 0 amide bonds. The van der Waals surface area contributed by atoms with Crippen molar-refractivity contribution in [1.82, 2.24) is 9.88 Å². The quantitative estimate of drug-likeness (QED) is 0.750. The zero-order chi connectivity index (χ0) is 11.7. The van der Waals surface area contributed by atoms with Gasteiger partial charge in [0.2, 0.25) is 0 Å². The molecule has 2 heterocycles. The number of halogens is 1. The second-order valence-electron chi connectivity index (χ2n) is 4.65. The van der Waals surface area contributed by atoms with Gasteiger partial charge in [0.15, 0.2) is 0 Å². The molecule has 0 aromatic carbocycles. The first-order valence-corrected chi connectivity index (χ1v) is 6.03. The fourth-order valence-corrected chi connectivity index (χ4v) is 2.39. The third-order valence-electron chi connectivity index (χ3n) is 3.32. The molecule has 1 aliphatic rings. The van der Waals surface area contributed by atoms with E-state index in [2.05, 4.69) is 35.7 Å². The van der Waals surface area contributed by atoms with E-state index in [-0.39, 0.29) is 0 Å². The SMILES string of the molecule is C[C@@H]1CN(c2cncc(Cl)c2)[C@H](C)CN1C. The maximum Gasteiger partial charge on any atom is 0.0609 e. The topological polar surface area (TPSA) is 19.4 Å². The summed E-state index contributed by atoms with van der Waals surface area (Å²) < 4.78 is 0. The average molecular weight is 240 g/mol. The van der Waals surface area contributed by atoms with Crippen molar-refractivity contribution in [2.75, 3.05) is 25.0 Å². The highest BCUT2D eigenvalue weighted by molar-refractivity contribution is 6.30. The van der Waals surface area contributed by atoms with E-state index >= 15 is 0 Å². The third kappa shape index (κ3) is 2.30. The number of anilines is 1. The second kappa shape index (κ2) is 4.60. The molecule has 0 spiro atoms. The van der Waals surface area contributed by atoms with Gasteiger partial charge in [0.1, 0.15) is 0 Å². The maximum absolute atomic E-state index is 5.98. The molecule has 2 rings (SSSR count). The predicted molar refractivity (Wildman–Crippen MR) is 68.1 cm³/mol. The van der Waals surface area contributed by atoms with Crippen LogP contribution in [0.15, 0.2) is 18.5 Å². The predicted octanol–water partition coefficient (Wildman–Crippen LogP) is 2.26. The summed E-state index contributed by atoms with van der Waals surface area (Å²) >= 11 is 5.98. The van der Waals surface area contributed by atoms with Crippen molar-refractivity contribution in [2.45, 2.75) is 25.9 Å². The Morgan fingerprint density at radius 2 is 2.00 bits per heavy atom. The summed E-state index contributed by atoms with van der Waals surface area (Å²) in [5.41, 5.74) is 1.12. The van der Waals surface area contributed by atoms with Crippen LogP contribution >= 0.6 is 11.6 Å². The van der Waals surface area contributed by atoms with E-state index in [4.69, 9.17) is 11.6 Å². The van der Waals surface area contributed by atoms with E-state index in [0.29, 0.717) is 17.1 Å². The van der Waals surface area contributed by atoms with Crippen molar-refractivity contribution in [3.05, 3.63) is 23.5 Å². The van der Waals surface area contributed by atoms with Crippen molar-refractivity contribution in [3.63, 3.8) is 0 Å². The van der Waals surface area contributed by atoms with Crippen LogP contribution in [-0.4, -0.2) is 42.1 Å². The van der Waals surface area contributed by atoms with Gasteiger partial charge in [-0.2, -0.15) is 0 Å². The lowest BCUT2D eigenvalue weighted by Crippen LogP contribution is -2.55. The molecule has 0 radical (unpaired) electrons. The molecule has 2 atom stereocenters. The van der Waals surface area contributed by atoms with Crippen molar-refractivity contribution in [1.29, 1.82) is 0 Å². The molecule has 1 fully saturated rings. The molecular formula is C12H18ClN3. The van der Waals surface area contributed by atoms with Gasteiger partial charge in [-0.15, -0.1) is 0 Å². The lowest BCUT2D eigenvalue weighted by Gasteiger charge is -2.43. The number of hydrogen-bond donors (Lipinski definition) is 0. The Morgan fingerprint density at radius 3 is 2.69 bits per heavy atom. The van der Waals surface area contributed by atoms with Gasteiger partial charge in [-0.05, 0) is 27.0 Å². The summed E-state index contributed by atoms with van der Waals surface area (Å²) in [5.74, 6) is 0. The first-order valence-electron chi connectivity index (χ1n) is 5.65. The molecule has 1 aromatic heterocycles. The number of pyridine rings is 1. The normalized spacial score (nSPS) is 27.1. The zero-order valence-electron chi connectivity index (χ0n) is 10.0. The Morgan fingerprint density at radius 1 is 1.25 bits per heavy atom. The molecule has 0 bridgehead atoms. The fourth-order valence-electron chi connectivity index (χ4n) is 2.22. The van der Waals surface area contributed by atoms with Gasteiger partial charge in [-0.25, -0.2) is 0 Å². The Bertz CT molecular complexity index is 369. The van der Waals surface area contributed by atoms with E-state index in [1.54, 1.807) is 6.20 Å². The number of piperazine rings is 1. The molecule has 0 saturated carbocycles. The molecule has 1 aromatic rings. The lowest BCUT2D eigenvalue weighted by atomic mass is 10.1. The van der Waals surface area contributed by atoms with Crippen LogP contribution in [0.5, 0.6) is 0 Å². The van der Waals surface area contributed by atoms with Crippen molar-refractivity contribution in [2.24, 2.45) is 0 Å². The second-order valence-corrected chi connectivity index (χ2v) is 5.09. The summed E-state index contributed by atoms with van der Waals surface area (Å²) in [7, 11) is 2.18. The molecular weight excluding hydrogens is 222 g/mol. The van der Waals surface area contributed by atoms with E-state index in [1.165, 1.54) is 0 Å². The van der Waals surface area contributed by atoms with Gasteiger partial charge in [-0.1, -0.05) is 11.6 Å². The molecule has 0 N–H and O–H groups in total. The highest BCUT2D eigenvalue weighted by atomic mass is 35.5. The Labute approximate surface area is 102 Å². The first kappa shape index (κ1) is 11.7. The molecule has 3 nitrogen and oxygen atoms in total. The summed E-state index contributed by atoms with van der Waals surface area (Å²) in [6, 6.07) is 3.06. The zero-order valence-corrected chi connectivity index (χ0v) is 10.8. The molecule has 16 heavy (non-hydrogen) atoms. The summed E-state index contributed by atoms with van der Waals surface area (Å²) in [6.07, 6.45) is 3.57. The standard InChI is InChI=1S/C12H18ClN3/c1-9-8-16(10(2)7-15(9)3)12-4-11(13)5-14-6-12/h4-6,9-10H,7-8H2,1-3H3/t9-,10-/m1/s1. The minimum absolute atomic E-state index is 0.501. The van der Waals surface area contributed by atoms with Gasteiger partial charge in [0.25, 0.3) is 0 Å². The third-order valence-corrected chi connectivity index (χ3v) is 3.53. The van der Waals surface area contributed by atoms with Gasteiger partial charge >= 0.3 is 0 Å². The van der Waals surface area contributed by atoms with Crippen LogP contribution in [0.4, 0.5) is 5.69 Å². The highest BCUT2D eigenvalue weighted by Gasteiger charge is 2.26. The highest BCUT2D eigenvalue weighted by Crippen LogP contribution is 2.23. The van der Waals surface area contributed by atoms with Crippen LogP contribution in [-0.2, 0) is 0 Å². The van der Waals surface area contributed by atoms with E-state index < -0.39 is 0 Å². The lowest BCUT2D eigenvalue weighted by molar-refractivity contribution is 0.206. The summed E-state index contributed by atoms with van der Waals surface area (Å²) in [4.78, 5) is 8.92. The van der Waals surface area contributed by atoms with Gasteiger partial charge < -0.3 is 4.90 Å². The average Bonchev–Trinajstić information content (AvgIpc) is 2.23. The van der Waals surface area contributed by atoms with E-state index in [9.17, 15) is 0 Å². The molecule has 4 heteroatoms.